The van der Waals surface area contributed by atoms with E-state index in [1.165, 1.54) is 0 Å². The normalized spacial score (nSPS) is 22.3. The highest BCUT2D eigenvalue weighted by atomic mass is 16.4. The summed E-state index contributed by atoms with van der Waals surface area (Å²) in [4.78, 5) is 25.1. The maximum Gasteiger partial charge on any atom is 0.314 e. The molecule has 1 aliphatic carbocycles. The van der Waals surface area contributed by atoms with Crippen LogP contribution in [0.4, 0.5) is 4.79 Å². The van der Waals surface area contributed by atoms with Crippen molar-refractivity contribution in [3.63, 3.8) is 0 Å². The second kappa shape index (κ2) is 8.87. The zero-order valence-corrected chi connectivity index (χ0v) is 13.4. The first-order valence-electron chi connectivity index (χ1n) is 7.86. The van der Waals surface area contributed by atoms with Gasteiger partial charge >= 0.3 is 12.0 Å². The fourth-order valence-corrected chi connectivity index (χ4v) is 2.67. The van der Waals surface area contributed by atoms with Crippen LogP contribution in [0.25, 0.3) is 0 Å². The van der Waals surface area contributed by atoms with Crippen LogP contribution in [0, 0.1) is 11.8 Å². The Balaban J connectivity index is 2.24. The molecule has 2 unspecified atom stereocenters. The number of rotatable bonds is 7. The van der Waals surface area contributed by atoms with E-state index in [4.69, 9.17) is 0 Å². The van der Waals surface area contributed by atoms with E-state index in [2.05, 4.69) is 29.4 Å². The van der Waals surface area contributed by atoms with Crippen molar-refractivity contribution >= 4 is 12.0 Å². The molecular formula is C15H29N3O3. The number of carboxylic acids is 1. The smallest absolute Gasteiger partial charge is 0.314 e. The van der Waals surface area contributed by atoms with E-state index < -0.39 is 5.97 Å². The monoisotopic (exact) mass is 299 g/mol. The number of hydrogen-bond acceptors (Lipinski definition) is 3. The highest BCUT2D eigenvalue weighted by Crippen LogP contribution is 2.29. The minimum atomic E-state index is -0.736. The quantitative estimate of drug-likeness (QED) is 0.665. The summed E-state index contributed by atoms with van der Waals surface area (Å²) in [7, 11) is 2.02. The Morgan fingerprint density at radius 2 is 1.90 bits per heavy atom. The third kappa shape index (κ3) is 6.33. The minimum Gasteiger partial charge on any atom is -0.481 e. The molecule has 0 spiro atoms. The zero-order valence-electron chi connectivity index (χ0n) is 13.4. The first kappa shape index (κ1) is 17.8. The summed E-state index contributed by atoms with van der Waals surface area (Å²) < 4.78 is 0. The molecule has 2 amide bonds. The van der Waals surface area contributed by atoms with Gasteiger partial charge in [0.1, 0.15) is 0 Å². The van der Waals surface area contributed by atoms with Gasteiger partial charge in [-0.15, -0.1) is 0 Å². The molecule has 3 N–H and O–H groups in total. The molecular weight excluding hydrogens is 270 g/mol. The summed E-state index contributed by atoms with van der Waals surface area (Å²) >= 11 is 0. The Kier molecular flexibility index (Phi) is 7.50. The third-order valence-electron chi connectivity index (χ3n) is 4.38. The molecule has 6 heteroatoms. The number of carboxylic acid groups (broad SMARTS) is 1. The predicted molar refractivity (Wildman–Crippen MR) is 82.3 cm³/mol. The largest absolute Gasteiger partial charge is 0.481 e. The van der Waals surface area contributed by atoms with E-state index in [0.717, 1.165) is 32.2 Å². The number of carbonyl (C=O) groups is 2. The van der Waals surface area contributed by atoms with Crippen molar-refractivity contribution < 1.29 is 14.7 Å². The Morgan fingerprint density at radius 1 is 1.24 bits per heavy atom. The van der Waals surface area contributed by atoms with Gasteiger partial charge in [-0.25, -0.2) is 4.79 Å². The molecule has 0 heterocycles. The molecule has 2 atom stereocenters. The summed E-state index contributed by atoms with van der Waals surface area (Å²) in [6.07, 6.45) is 3.63. The molecule has 0 bridgehead atoms. The standard InChI is InChI=1S/C15H29N3O3/c1-11(2)18(3)9-8-16-15(21)17-10-12-6-4-5-7-13(12)14(19)20/h11-13H,4-10H2,1-3H3,(H,19,20)(H2,16,17,21). The van der Waals surface area contributed by atoms with Crippen molar-refractivity contribution in [2.24, 2.45) is 11.8 Å². The van der Waals surface area contributed by atoms with Gasteiger partial charge in [0, 0.05) is 25.7 Å². The van der Waals surface area contributed by atoms with E-state index in [-0.39, 0.29) is 17.9 Å². The molecule has 1 rings (SSSR count). The number of hydrogen-bond donors (Lipinski definition) is 3. The van der Waals surface area contributed by atoms with Gasteiger partial charge in [0.2, 0.25) is 0 Å². The molecule has 1 fully saturated rings. The van der Waals surface area contributed by atoms with Gasteiger partial charge in [0.05, 0.1) is 5.92 Å². The summed E-state index contributed by atoms with van der Waals surface area (Å²) in [6, 6.07) is 0.246. The molecule has 0 aromatic carbocycles. The Bertz CT molecular complexity index is 347. The van der Waals surface area contributed by atoms with Crippen LogP contribution in [0.3, 0.4) is 0 Å². The van der Waals surface area contributed by atoms with Crippen molar-refractivity contribution in [3.05, 3.63) is 0 Å². The lowest BCUT2D eigenvalue weighted by atomic mass is 9.79. The fourth-order valence-electron chi connectivity index (χ4n) is 2.67. The van der Waals surface area contributed by atoms with Gasteiger partial charge < -0.3 is 20.6 Å². The van der Waals surface area contributed by atoms with Crippen molar-refractivity contribution in [1.29, 1.82) is 0 Å². The first-order valence-corrected chi connectivity index (χ1v) is 7.86. The lowest BCUT2D eigenvalue weighted by Crippen LogP contribution is -2.44. The van der Waals surface area contributed by atoms with Crippen LogP contribution in [0.5, 0.6) is 0 Å². The summed E-state index contributed by atoms with van der Waals surface area (Å²) in [5.41, 5.74) is 0. The van der Waals surface area contributed by atoms with Gasteiger partial charge in [-0.2, -0.15) is 0 Å². The molecule has 0 aromatic rings. The van der Waals surface area contributed by atoms with Crippen molar-refractivity contribution in [3.8, 4) is 0 Å². The molecule has 0 aromatic heterocycles. The fraction of sp³-hybridized carbons (Fsp3) is 0.867. The molecule has 6 nitrogen and oxygen atoms in total. The Morgan fingerprint density at radius 3 is 2.52 bits per heavy atom. The van der Waals surface area contributed by atoms with Crippen LogP contribution in [0.15, 0.2) is 0 Å². The maximum absolute atomic E-state index is 11.7. The number of nitrogens with zero attached hydrogens (tertiary/aromatic N) is 1. The van der Waals surface area contributed by atoms with E-state index in [0.29, 0.717) is 19.1 Å². The van der Waals surface area contributed by atoms with Gasteiger partial charge in [-0.3, -0.25) is 4.79 Å². The molecule has 0 saturated heterocycles. The van der Waals surface area contributed by atoms with E-state index in [1.54, 1.807) is 0 Å². The average molecular weight is 299 g/mol. The van der Waals surface area contributed by atoms with Crippen molar-refractivity contribution in [1.82, 2.24) is 15.5 Å². The first-order chi connectivity index (χ1) is 9.91. The van der Waals surface area contributed by atoms with Crippen LogP contribution < -0.4 is 10.6 Å². The number of amides is 2. The minimum absolute atomic E-state index is 0.0559. The average Bonchev–Trinajstić information content (AvgIpc) is 2.45. The second-order valence-electron chi connectivity index (χ2n) is 6.20. The van der Waals surface area contributed by atoms with Crippen LogP contribution in [0.1, 0.15) is 39.5 Å². The van der Waals surface area contributed by atoms with Crippen molar-refractivity contribution in [2.75, 3.05) is 26.7 Å². The van der Waals surface area contributed by atoms with E-state index in [9.17, 15) is 14.7 Å². The number of likely N-dealkylation sites (N-methyl/N-ethyl adjacent to an activating group) is 1. The lowest BCUT2D eigenvalue weighted by Gasteiger charge is -2.28. The molecule has 0 aliphatic heterocycles. The van der Waals surface area contributed by atoms with E-state index in [1.807, 2.05) is 7.05 Å². The van der Waals surface area contributed by atoms with Gasteiger partial charge in [0.25, 0.3) is 0 Å². The van der Waals surface area contributed by atoms with Crippen LogP contribution >= 0.6 is 0 Å². The summed E-state index contributed by atoms with van der Waals surface area (Å²) in [5, 5.41) is 14.8. The Labute approximate surface area is 127 Å². The highest BCUT2D eigenvalue weighted by Gasteiger charge is 2.30. The zero-order chi connectivity index (χ0) is 15.8. The number of nitrogens with one attached hydrogen (secondary N) is 2. The van der Waals surface area contributed by atoms with Crippen LogP contribution in [-0.4, -0.2) is 54.7 Å². The number of carbonyl (C=O) groups excluding carboxylic acids is 1. The second-order valence-corrected chi connectivity index (χ2v) is 6.20. The Hall–Kier alpha value is -1.30. The molecule has 21 heavy (non-hydrogen) atoms. The maximum atomic E-state index is 11.7. The molecule has 1 saturated carbocycles. The predicted octanol–water partition coefficient (Wildman–Crippen LogP) is 1.52. The van der Waals surface area contributed by atoms with Crippen molar-refractivity contribution in [2.45, 2.75) is 45.6 Å². The molecule has 0 radical (unpaired) electrons. The van der Waals surface area contributed by atoms with Crippen LogP contribution in [0.2, 0.25) is 0 Å². The number of urea groups is 1. The number of aliphatic carboxylic acids is 1. The summed E-state index contributed by atoms with van der Waals surface area (Å²) in [5.74, 6) is -0.994. The van der Waals surface area contributed by atoms with Gasteiger partial charge in [0.15, 0.2) is 0 Å². The van der Waals surface area contributed by atoms with Crippen LogP contribution in [-0.2, 0) is 4.79 Å². The van der Waals surface area contributed by atoms with Gasteiger partial charge in [-0.05, 0) is 39.7 Å². The third-order valence-corrected chi connectivity index (χ3v) is 4.38. The summed E-state index contributed by atoms with van der Waals surface area (Å²) in [6.45, 7) is 6.05. The molecule has 1 aliphatic rings. The lowest BCUT2D eigenvalue weighted by molar-refractivity contribution is -0.144. The molecule has 122 valence electrons. The van der Waals surface area contributed by atoms with E-state index >= 15 is 0 Å². The highest BCUT2D eigenvalue weighted by molar-refractivity contribution is 5.74. The SMILES string of the molecule is CC(C)N(C)CCNC(=O)NCC1CCCCC1C(=O)O. The van der Waals surface area contributed by atoms with Gasteiger partial charge in [-0.1, -0.05) is 12.8 Å². The topological polar surface area (TPSA) is 81.7 Å².